The van der Waals surface area contributed by atoms with Gasteiger partial charge in [0.15, 0.2) is 0 Å². The van der Waals surface area contributed by atoms with Crippen LogP contribution in [0.15, 0.2) is 71.6 Å². The van der Waals surface area contributed by atoms with Crippen LogP contribution in [0.1, 0.15) is 25.0 Å². The lowest BCUT2D eigenvalue weighted by Crippen LogP contribution is -2.51. The van der Waals surface area contributed by atoms with Crippen molar-refractivity contribution in [3.05, 3.63) is 87.9 Å². The second-order valence-corrected chi connectivity index (χ2v) is 11.5. The summed E-state index contributed by atoms with van der Waals surface area (Å²) < 4.78 is 34.0. The second-order valence-electron chi connectivity index (χ2n) is 8.82. The molecule has 0 fully saturated rings. The molecule has 8 nitrogen and oxygen atoms in total. The minimum absolute atomic E-state index is 0.0150. The summed E-state index contributed by atoms with van der Waals surface area (Å²) in [6.45, 7) is 4.84. The molecule has 3 aromatic rings. The van der Waals surface area contributed by atoms with E-state index in [1.807, 2.05) is 6.92 Å². The highest BCUT2D eigenvalue weighted by Crippen LogP contribution is 2.29. The van der Waals surface area contributed by atoms with Crippen molar-refractivity contribution in [2.45, 2.75) is 38.3 Å². The van der Waals surface area contributed by atoms with Crippen molar-refractivity contribution in [2.24, 2.45) is 0 Å². The fourth-order valence-corrected chi connectivity index (χ4v) is 5.81. The van der Waals surface area contributed by atoms with E-state index in [0.717, 1.165) is 9.87 Å². The highest BCUT2D eigenvalue weighted by molar-refractivity contribution is 7.92. The number of anilines is 1. The van der Waals surface area contributed by atoms with Gasteiger partial charge in [0.25, 0.3) is 10.0 Å². The fourth-order valence-electron chi connectivity index (χ4n) is 3.89. The van der Waals surface area contributed by atoms with Gasteiger partial charge in [0.05, 0.1) is 17.7 Å². The number of benzene rings is 3. The number of carbonyl (C=O) groups excluding carboxylic acids is 2. The number of nitrogens with one attached hydrogen (secondary N) is 1. The number of likely N-dealkylation sites (N-methyl/N-ethyl adjacent to an activating group) is 1. The molecule has 0 saturated carbocycles. The highest BCUT2D eigenvalue weighted by Gasteiger charge is 2.33. The molecule has 11 heteroatoms. The third kappa shape index (κ3) is 7.23. The van der Waals surface area contributed by atoms with Gasteiger partial charge >= 0.3 is 0 Å². The van der Waals surface area contributed by atoms with Crippen LogP contribution in [-0.2, 0) is 26.2 Å². The van der Waals surface area contributed by atoms with Crippen molar-refractivity contribution in [3.63, 3.8) is 0 Å². The molecule has 0 bridgehead atoms. The molecule has 0 heterocycles. The van der Waals surface area contributed by atoms with E-state index in [2.05, 4.69) is 5.32 Å². The molecule has 0 aromatic heterocycles. The summed E-state index contributed by atoms with van der Waals surface area (Å²) >= 11 is 12.8. The fraction of sp³-hybridized carbons (Fsp3) is 0.286. The lowest BCUT2D eigenvalue weighted by atomic mass is 10.1. The number of sulfonamides is 1. The molecule has 3 aromatic carbocycles. The smallest absolute Gasteiger partial charge is 0.264 e. The molecule has 0 aliphatic rings. The Hall–Kier alpha value is -3.27. The Morgan fingerprint density at radius 1 is 1.00 bits per heavy atom. The summed E-state index contributed by atoms with van der Waals surface area (Å²) in [4.78, 5) is 28.0. The van der Waals surface area contributed by atoms with Gasteiger partial charge < -0.3 is 15.0 Å². The number of rotatable bonds is 11. The Morgan fingerprint density at radius 2 is 1.62 bits per heavy atom. The lowest BCUT2D eigenvalue weighted by Gasteiger charge is -2.32. The normalized spacial score (nSPS) is 11.9. The van der Waals surface area contributed by atoms with Gasteiger partial charge in [-0.15, -0.1) is 0 Å². The number of hydrogen-bond donors (Lipinski definition) is 1. The predicted octanol–water partition coefficient (Wildman–Crippen LogP) is 5.06. The van der Waals surface area contributed by atoms with E-state index >= 15 is 0 Å². The van der Waals surface area contributed by atoms with Crippen molar-refractivity contribution in [1.29, 1.82) is 0 Å². The highest BCUT2D eigenvalue weighted by atomic mass is 35.5. The molecule has 0 aliphatic carbocycles. The maximum Gasteiger partial charge on any atom is 0.264 e. The molecule has 1 atom stereocenters. The van der Waals surface area contributed by atoms with E-state index in [9.17, 15) is 18.0 Å². The maximum atomic E-state index is 13.9. The Labute approximate surface area is 239 Å². The first kappa shape index (κ1) is 30.3. The molecule has 2 amide bonds. The van der Waals surface area contributed by atoms with E-state index in [1.54, 1.807) is 62.4 Å². The minimum Gasteiger partial charge on any atom is -0.497 e. The Kier molecular flexibility index (Phi) is 10.2. The van der Waals surface area contributed by atoms with E-state index < -0.39 is 34.4 Å². The standard InChI is InChI=1S/C28H31Cl2N3O5S/c1-5-31-28(35)20(3)32(17-24-25(29)10-7-11-26(24)30)27(34)18-33(21-8-6-9-22(16-21)38-4)39(36,37)23-14-12-19(2)13-15-23/h6-16,20H,5,17-18H2,1-4H3,(H,31,35)/t20-/m1/s1. The number of hydrogen-bond acceptors (Lipinski definition) is 5. The van der Waals surface area contributed by atoms with Crippen molar-refractivity contribution >= 4 is 50.7 Å². The van der Waals surface area contributed by atoms with Crippen LogP contribution in [0.2, 0.25) is 10.0 Å². The lowest BCUT2D eigenvalue weighted by molar-refractivity contribution is -0.139. The molecular formula is C28H31Cl2N3O5S. The number of amides is 2. The van der Waals surface area contributed by atoms with Crippen LogP contribution in [0.4, 0.5) is 5.69 Å². The van der Waals surface area contributed by atoms with E-state index in [1.165, 1.54) is 30.2 Å². The van der Waals surface area contributed by atoms with Crippen LogP contribution in [0.25, 0.3) is 0 Å². The topological polar surface area (TPSA) is 96.0 Å². The van der Waals surface area contributed by atoms with Gasteiger partial charge in [0, 0.05) is 34.8 Å². The number of aryl methyl sites for hydroxylation is 1. The Balaban J connectivity index is 2.08. The summed E-state index contributed by atoms with van der Waals surface area (Å²) in [6, 6.07) is 16.7. The monoisotopic (exact) mass is 591 g/mol. The average molecular weight is 593 g/mol. The average Bonchev–Trinajstić information content (AvgIpc) is 2.91. The zero-order chi connectivity index (χ0) is 28.7. The van der Waals surface area contributed by atoms with Crippen LogP contribution in [0, 0.1) is 6.92 Å². The van der Waals surface area contributed by atoms with Crippen LogP contribution in [0.5, 0.6) is 5.75 Å². The van der Waals surface area contributed by atoms with E-state index in [0.29, 0.717) is 27.9 Å². The summed E-state index contributed by atoms with van der Waals surface area (Å²) in [7, 11) is -2.73. The van der Waals surface area contributed by atoms with Gasteiger partial charge in [-0.1, -0.05) is 53.0 Å². The van der Waals surface area contributed by atoms with Crippen LogP contribution >= 0.6 is 23.2 Å². The molecule has 3 rings (SSSR count). The number of halogens is 2. The van der Waals surface area contributed by atoms with Gasteiger partial charge in [-0.3, -0.25) is 13.9 Å². The molecule has 1 N–H and O–H groups in total. The maximum absolute atomic E-state index is 13.9. The SMILES string of the molecule is CCNC(=O)[C@@H](C)N(Cc1c(Cl)cccc1Cl)C(=O)CN(c1cccc(OC)c1)S(=O)(=O)c1ccc(C)cc1. The van der Waals surface area contributed by atoms with E-state index in [-0.39, 0.29) is 17.1 Å². The van der Waals surface area contributed by atoms with Gasteiger partial charge in [0.1, 0.15) is 18.3 Å². The van der Waals surface area contributed by atoms with Crippen LogP contribution in [0.3, 0.4) is 0 Å². The Bertz CT molecular complexity index is 1410. The second kappa shape index (κ2) is 13.2. The van der Waals surface area contributed by atoms with Crippen molar-refractivity contribution < 1.29 is 22.7 Å². The quantitative estimate of drug-likeness (QED) is 0.336. The van der Waals surface area contributed by atoms with Crippen LogP contribution in [-0.4, -0.2) is 51.4 Å². The number of methoxy groups -OCH3 is 1. The third-order valence-corrected chi connectivity index (χ3v) is 8.63. The zero-order valence-electron chi connectivity index (χ0n) is 22.1. The minimum atomic E-state index is -4.19. The summed E-state index contributed by atoms with van der Waals surface area (Å²) in [6.07, 6.45) is 0. The van der Waals surface area contributed by atoms with Gasteiger partial charge in [0.2, 0.25) is 11.8 Å². The molecule has 0 radical (unpaired) electrons. The van der Waals surface area contributed by atoms with E-state index in [4.69, 9.17) is 27.9 Å². The summed E-state index contributed by atoms with van der Waals surface area (Å²) in [5, 5.41) is 3.35. The first-order chi connectivity index (χ1) is 18.5. The Morgan fingerprint density at radius 3 is 2.21 bits per heavy atom. The van der Waals surface area contributed by atoms with Gasteiger partial charge in [-0.05, 0) is 57.2 Å². The third-order valence-electron chi connectivity index (χ3n) is 6.14. The van der Waals surface area contributed by atoms with Crippen molar-refractivity contribution in [2.75, 3.05) is 24.5 Å². The number of carbonyl (C=O) groups is 2. The molecule has 0 unspecified atom stereocenters. The molecule has 0 spiro atoms. The summed E-state index contributed by atoms with van der Waals surface area (Å²) in [5.74, 6) is -0.606. The number of nitrogens with zero attached hydrogens (tertiary/aromatic N) is 2. The molecule has 39 heavy (non-hydrogen) atoms. The molecular weight excluding hydrogens is 561 g/mol. The first-order valence-electron chi connectivity index (χ1n) is 12.2. The van der Waals surface area contributed by atoms with Crippen molar-refractivity contribution in [3.8, 4) is 5.75 Å². The number of ether oxygens (including phenoxy) is 1. The van der Waals surface area contributed by atoms with Gasteiger partial charge in [-0.2, -0.15) is 0 Å². The first-order valence-corrected chi connectivity index (χ1v) is 14.4. The van der Waals surface area contributed by atoms with Crippen molar-refractivity contribution in [1.82, 2.24) is 10.2 Å². The molecule has 0 aliphatic heterocycles. The largest absolute Gasteiger partial charge is 0.497 e. The predicted molar refractivity (Wildman–Crippen MR) is 154 cm³/mol. The zero-order valence-corrected chi connectivity index (χ0v) is 24.5. The van der Waals surface area contributed by atoms with Gasteiger partial charge in [-0.25, -0.2) is 8.42 Å². The molecule has 0 saturated heterocycles. The summed E-state index contributed by atoms with van der Waals surface area (Å²) in [5.41, 5.74) is 1.56. The molecule has 208 valence electrons. The van der Waals surface area contributed by atoms with Crippen LogP contribution < -0.4 is 14.4 Å².